The van der Waals surface area contributed by atoms with Crippen molar-refractivity contribution < 1.29 is 13.2 Å². The van der Waals surface area contributed by atoms with Crippen LogP contribution in [0.5, 0.6) is 0 Å². The Bertz CT molecular complexity index is 907. The molecule has 1 aromatic carbocycles. The normalized spacial score (nSPS) is 11.6. The topological polar surface area (TPSA) is 54.5 Å². The van der Waals surface area contributed by atoms with Crippen molar-refractivity contribution >= 4 is 22.6 Å². The summed E-state index contributed by atoms with van der Waals surface area (Å²) in [6.45, 7) is 0.155. The van der Waals surface area contributed by atoms with Crippen molar-refractivity contribution in [1.29, 1.82) is 5.26 Å². The van der Waals surface area contributed by atoms with Crippen molar-refractivity contribution in [2.75, 3.05) is 0 Å². The SMILES string of the molecule is N#Cc1ccc(Cn2c(Cl)nc3ccc(C(F)(F)F)cc32)nc1. The molecule has 4 nitrogen and oxygen atoms in total. The van der Waals surface area contributed by atoms with Crippen LogP contribution in [-0.4, -0.2) is 14.5 Å². The number of benzene rings is 1. The molecule has 3 aromatic rings. The van der Waals surface area contributed by atoms with Crippen LogP contribution < -0.4 is 0 Å². The van der Waals surface area contributed by atoms with Crippen molar-refractivity contribution in [3.8, 4) is 6.07 Å². The Kier molecular flexibility index (Phi) is 3.70. The van der Waals surface area contributed by atoms with Crippen LogP contribution in [0.3, 0.4) is 0 Å². The van der Waals surface area contributed by atoms with Crippen molar-refractivity contribution in [3.63, 3.8) is 0 Å². The molecule has 2 heterocycles. The van der Waals surface area contributed by atoms with Crippen molar-refractivity contribution in [2.45, 2.75) is 12.7 Å². The Balaban J connectivity index is 2.05. The van der Waals surface area contributed by atoms with Gasteiger partial charge in [0.25, 0.3) is 0 Å². The number of hydrogen-bond acceptors (Lipinski definition) is 3. The van der Waals surface area contributed by atoms with E-state index in [1.54, 1.807) is 12.1 Å². The summed E-state index contributed by atoms with van der Waals surface area (Å²) in [6, 6.07) is 8.41. The predicted octanol–water partition coefficient (Wildman–Crippen LogP) is 4.02. The first-order chi connectivity index (χ1) is 10.9. The number of imidazole rings is 1. The van der Waals surface area contributed by atoms with Crippen LogP contribution in [0.25, 0.3) is 11.0 Å². The van der Waals surface area contributed by atoms with E-state index in [2.05, 4.69) is 9.97 Å². The average Bonchev–Trinajstić information content (AvgIpc) is 2.82. The lowest BCUT2D eigenvalue weighted by atomic mass is 10.2. The second-order valence-corrected chi connectivity index (χ2v) is 5.16. The number of halogens is 4. The molecule has 3 rings (SSSR count). The molecule has 0 aliphatic carbocycles. The zero-order valence-electron chi connectivity index (χ0n) is 11.5. The molecular weight excluding hydrogens is 329 g/mol. The minimum Gasteiger partial charge on any atom is -0.309 e. The third-order valence-electron chi connectivity index (χ3n) is 3.30. The minimum atomic E-state index is -4.44. The third kappa shape index (κ3) is 2.98. The quantitative estimate of drug-likeness (QED) is 0.710. The van der Waals surface area contributed by atoms with Crippen molar-refractivity contribution in [2.24, 2.45) is 0 Å². The lowest BCUT2D eigenvalue weighted by Crippen LogP contribution is -2.06. The van der Waals surface area contributed by atoms with E-state index in [1.807, 2.05) is 6.07 Å². The summed E-state index contributed by atoms with van der Waals surface area (Å²) in [4.78, 5) is 8.14. The zero-order chi connectivity index (χ0) is 16.6. The zero-order valence-corrected chi connectivity index (χ0v) is 12.2. The lowest BCUT2D eigenvalue weighted by Gasteiger charge is -2.08. The number of nitriles is 1. The van der Waals surface area contributed by atoms with E-state index in [1.165, 1.54) is 16.8 Å². The van der Waals surface area contributed by atoms with Crippen LogP contribution in [0, 0.1) is 11.3 Å². The Morgan fingerprint density at radius 3 is 2.61 bits per heavy atom. The number of rotatable bonds is 2. The first kappa shape index (κ1) is 15.3. The molecule has 0 unspecified atom stereocenters. The van der Waals surface area contributed by atoms with E-state index in [0.29, 0.717) is 16.8 Å². The fourth-order valence-corrected chi connectivity index (χ4v) is 2.41. The summed E-state index contributed by atoms with van der Waals surface area (Å²) in [5, 5.41) is 8.82. The highest BCUT2D eigenvalue weighted by molar-refractivity contribution is 6.29. The Hall–Kier alpha value is -2.59. The molecule has 0 saturated carbocycles. The van der Waals surface area contributed by atoms with Gasteiger partial charge in [-0.1, -0.05) is 0 Å². The molecule has 0 aliphatic heterocycles. The molecule has 116 valence electrons. The number of fused-ring (bicyclic) bond motifs is 1. The molecule has 0 aliphatic rings. The second-order valence-electron chi connectivity index (χ2n) is 4.82. The van der Waals surface area contributed by atoms with Gasteiger partial charge in [0.1, 0.15) is 6.07 Å². The fraction of sp³-hybridized carbons (Fsp3) is 0.133. The maximum Gasteiger partial charge on any atom is 0.416 e. The van der Waals surface area contributed by atoms with Gasteiger partial charge in [0, 0.05) is 6.20 Å². The minimum absolute atomic E-state index is 0.0745. The molecule has 0 fully saturated rings. The highest BCUT2D eigenvalue weighted by Gasteiger charge is 2.31. The lowest BCUT2D eigenvalue weighted by molar-refractivity contribution is -0.137. The van der Waals surface area contributed by atoms with Gasteiger partial charge in [0.2, 0.25) is 5.28 Å². The highest BCUT2D eigenvalue weighted by atomic mass is 35.5. The van der Waals surface area contributed by atoms with E-state index in [-0.39, 0.29) is 17.3 Å². The number of pyridine rings is 1. The van der Waals surface area contributed by atoms with Gasteiger partial charge in [-0.3, -0.25) is 4.98 Å². The van der Waals surface area contributed by atoms with Gasteiger partial charge in [-0.05, 0) is 41.9 Å². The molecule has 0 spiro atoms. The van der Waals surface area contributed by atoms with Gasteiger partial charge in [-0.15, -0.1) is 0 Å². The molecule has 8 heteroatoms. The van der Waals surface area contributed by atoms with Crippen LogP contribution in [0.4, 0.5) is 13.2 Å². The van der Waals surface area contributed by atoms with E-state index in [9.17, 15) is 13.2 Å². The van der Waals surface area contributed by atoms with Gasteiger partial charge >= 0.3 is 6.18 Å². The second kappa shape index (κ2) is 5.56. The van der Waals surface area contributed by atoms with E-state index in [0.717, 1.165) is 12.1 Å². The summed E-state index contributed by atoms with van der Waals surface area (Å²) < 4.78 is 40.0. The first-order valence-electron chi connectivity index (χ1n) is 6.46. The van der Waals surface area contributed by atoms with Crippen molar-refractivity contribution in [1.82, 2.24) is 14.5 Å². The Labute approximate surface area is 133 Å². The number of alkyl halides is 3. The maximum absolute atomic E-state index is 12.9. The summed E-state index contributed by atoms with van der Waals surface area (Å²) in [6.07, 6.45) is -3.05. The van der Waals surface area contributed by atoms with Gasteiger partial charge in [0.05, 0.1) is 34.4 Å². The molecule has 23 heavy (non-hydrogen) atoms. The van der Waals surface area contributed by atoms with Crippen LogP contribution in [0.1, 0.15) is 16.8 Å². The molecular formula is C15H8ClF3N4. The maximum atomic E-state index is 12.9. The average molecular weight is 337 g/mol. The molecule has 0 atom stereocenters. The van der Waals surface area contributed by atoms with Crippen LogP contribution in [0.15, 0.2) is 36.5 Å². The first-order valence-corrected chi connectivity index (χ1v) is 6.84. The fourth-order valence-electron chi connectivity index (χ4n) is 2.17. The number of hydrogen-bond donors (Lipinski definition) is 0. The summed E-state index contributed by atoms with van der Waals surface area (Å²) in [7, 11) is 0. The predicted molar refractivity (Wildman–Crippen MR) is 77.8 cm³/mol. The standard InChI is InChI=1S/C15H8ClF3N4/c16-14-22-12-4-2-10(15(17,18)19)5-13(12)23(14)8-11-3-1-9(6-20)7-21-11/h1-5,7H,8H2. The largest absolute Gasteiger partial charge is 0.416 e. The highest BCUT2D eigenvalue weighted by Crippen LogP contribution is 2.32. The third-order valence-corrected chi connectivity index (χ3v) is 3.59. The molecule has 0 radical (unpaired) electrons. The smallest absolute Gasteiger partial charge is 0.309 e. The number of nitrogens with zero attached hydrogens (tertiary/aromatic N) is 4. The van der Waals surface area contributed by atoms with Crippen molar-refractivity contribution in [3.05, 3.63) is 58.6 Å². The summed E-state index contributed by atoms with van der Waals surface area (Å²) in [5.74, 6) is 0. The number of aromatic nitrogens is 3. The van der Waals surface area contributed by atoms with E-state index < -0.39 is 11.7 Å². The molecule has 0 saturated heterocycles. The summed E-state index contributed by atoms with van der Waals surface area (Å²) >= 11 is 6.03. The van der Waals surface area contributed by atoms with Crippen LogP contribution in [-0.2, 0) is 12.7 Å². The van der Waals surface area contributed by atoms with Gasteiger partial charge < -0.3 is 4.57 Å². The Morgan fingerprint density at radius 1 is 1.22 bits per heavy atom. The monoisotopic (exact) mass is 336 g/mol. The van der Waals surface area contributed by atoms with E-state index in [4.69, 9.17) is 16.9 Å². The van der Waals surface area contributed by atoms with E-state index >= 15 is 0 Å². The Morgan fingerprint density at radius 2 is 2.00 bits per heavy atom. The van der Waals surface area contributed by atoms with Crippen LogP contribution >= 0.6 is 11.6 Å². The van der Waals surface area contributed by atoms with Gasteiger partial charge in [-0.2, -0.15) is 18.4 Å². The molecule has 2 aromatic heterocycles. The van der Waals surface area contributed by atoms with Gasteiger partial charge in [0.15, 0.2) is 0 Å². The molecule has 0 bridgehead atoms. The van der Waals surface area contributed by atoms with Crippen LogP contribution in [0.2, 0.25) is 5.28 Å². The van der Waals surface area contributed by atoms with Gasteiger partial charge in [-0.25, -0.2) is 4.98 Å². The molecule has 0 N–H and O–H groups in total. The molecule has 0 amide bonds. The summed E-state index contributed by atoms with van der Waals surface area (Å²) in [5.41, 5.74) is 0.834.